The van der Waals surface area contributed by atoms with Gasteiger partial charge in [-0.3, -0.25) is 4.79 Å². The van der Waals surface area contributed by atoms with Crippen molar-refractivity contribution >= 4 is 11.9 Å². The first-order valence-corrected chi connectivity index (χ1v) is 6.84. The van der Waals surface area contributed by atoms with Gasteiger partial charge in [0, 0.05) is 27.7 Å². The molecule has 6 heteroatoms. The number of hydrogen-bond donors (Lipinski definition) is 2. The molecule has 0 aliphatic carbocycles. The molecule has 0 saturated heterocycles. The fraction of sp³-hybridized carbons (Fsp3) is 0.467. The molecule has 0 radical (unpaired) electrons. The van der Waals surface area contributed by atoms with Gasteiger partial charge < -0.3 is 20.2 Å². The number of benzene rings is 1. The van der Waals surface area contributed by atoms with Crippen LogP contribution < -0.4 is 5.32 Å². The highest BCUT2D eigenvalue weighted by Crippen LogP contribution is 2.15. The standard InChI is InChI=1S/C15H23N3O3/c1-17(2)14(20)11-16-15(21)18(3)10-9-13(19)12-7-5-4-6-8-12/h4-8,13,19H,9-11H2,1-3H3,(H,16,21)/t13-/m1/s1. The molecule has 0 unspecified atom stereocenters. The molecule has 0 aliphatic rings. The lowest BCUT2D eigenvalue weighted by molar-refractivity contribution is -0.127. The van der Waals surface area contributed by atoms with E-state index < -0.39 is 6.10 Å². The quantitative estimate of drug-likeness (QED) is 0.816. The highest BCUT2D eigenvalue weighted by Gasteiger charge is 2.13. The molecule has 3 amide bonds. The Morgan fingerprint density at radius 3 is 2.38 bits per heavy atom. The number of aliphatic hydroxyl groups is 1. The zero-order valence-electron chi connectivity index (χ0n) is 12.7. The van der Waals surface area contributed by atoms with Gasteiger partial charge in [-0.2, -0.15) is 0 Å². The summed E-state index contributed by atoms with van der Waals surface area (Å²) in [4.78, 5) is 26.0. The second-order valence-electron chi connectivity index (χ2n) is 5.08. The molecule has 0 aliphatic heterocycles. The van der Waals surface area contributed by atoms with Crippen molar-refractivity contribution in [1.82, 2.24) is 15.1 Å². The first kappa shape index (κ1) is 17.0. The number of amides is 3. The summed E-state index contributed by atoms with van der Waals surface area (Å²) in [6.07, 6.45) is -0.167. The van der Waals surface area contributed by atoms with Crippen molar-refractivity contribution in [2.24, 2.45) is 0 Å². The van der Waals surface area contributed by atoms with Gasteiger partial charge in [-0.05, 0) is 12.0 Å². The second-order valence-corrected chi connectivity index (χ2v) is 5.08. The Labute approximate surface area is 125 Å². The molecule has 0 saturated carbocycles. The van der Waals surface area contributed by atoms with E-state index in [1.54, 1.807) is 21.1 Å². The molecular formula is C15H23N3O3. The zero-order valence-corrected chi connectivity index (χ0v) is 12.7. The Bertz CT molecular complexity index is 462. The lowest BCUT2D eigenvalue weighted by Gasteiger charge is -2.20. The summed E-state index contributed by atoms with van der Waals surface area (Å²) < 4.78 is 0. The average Bonchev–Trinajstić information content (AvgIpc) is 2.50. The van der Waals surface area contributed by atoms with Crippen LogP contribution in [0.4, 0.5) is 4.79 Å². The van der Waals surface area contributed by atoms with E-state index in [4.69, 9.17) is 0 Å². The van der Waals surface area contributed by atoms with Crippen LogP contribution in [-0.2, 0) is 4.79 Å². The minimum Gasteiger partial charge on any atom is -0.388 e. The van der Waals surface area contributed by atoms with Gasteiger partial charge in [-0.15, -0.1) is 0 Å². The summed E-state index contributed by atoms with van der Waals surface area (Å²) in [6.45, 7) is 0.370. The van der Waals surface area contributed by atoms with Crippen LogP contribution in [0.3, 0.4) is 0 Å². The molecule has 0 heterocycles. The van der Waals surface area contributed by atoms with E-state index in [9.17, 15) is 14.7 Å². The average molecular weight is 293 g/mol. The summed E-state index contributed by atoms with van der Waals surface area (Å²) in [7, 11) is 4.90. The number of nitrogens with zero attached hydrogens (tertiary/aromatic N) is 2. The number of aliphatic hydroxyl groups excluding tert-OH is 1. The topological polar surface area (TPSA) is 72.9 Å². The van der Waals surface area contributed by atoms with E-state index in [1.165, 1.54) is 9.80 Å². The Balaban J connectivity index is 2.34. The first-order valence-electron chi connectivity index (χ1n) is 6.84. The van der Waals surface area contributed by atoms with Crippen LogP contribution in [0.25, 0.3) is 0 Å². The number of urea groups is 1. The van der Waals surface area contributed by atoms with Crippen molar-refractivity contribution < 1.29 is 14.7 Å². The first-order chi connectivity index (χ1) is 9.91. The Morgan fingerprint density at radius 1 is 1.19 bits per heavy atom. The van der Waals surface area contributed by atoms with Gasteiger partial charge in [0.05, 0.1) is 12.6 Å². The van der Waals surface area contributed by atoms with Crippen molar-refractivity contribution in [3.63, 3.8) is 0 Å². The monoisotopic (exact) mass is 293 g/mol. The van der Waals surface area contributed by atoms with Crippen molar-refractivity contribution in [2.75, 3.05) is 34.2 Å². The van der Waals surface area contributed by atoms with Gasteiger partial charge >= 0.3 is 6.03 Å². The minimum atomic E-state index is -0.607. The Kier molecular flexibility index (Phi) is 6.68. The van der Waals surface area contributed by atoms with Crippen LogP contribution >= 0.6 is 0 Å². The lowest BCUT2D eigenvalue weighted by atomic mass is 10.1. The largest absolute Gasteiger partial charge is 0.388 e. The number of carbonyl (C=O) groups is 2. The predicted octanol–water partition coefficient (Wildman–Crippen LogP) is 0.840. The smallest absolute Gasteiger partial charge is 0.317 e. The molecule has 21 heavy (non-hydrogen) atoms. The van der Waals surface area contributed by atoms with Crippen LogP contribution in [0.15, 0.2) is 30.3 Å². The maximum atomic E-state index is 11.8. The zero-order chi connectivity index (χ0) is 15.8. The van der Waals surface area contributed by atoms with Crippen LogP contribution in [-0.4, -0.2) is 61.1 Å². The summed E-state index contributed by atoms with van der Waals surface area (Å²) in [5.41, 5.74) is 0.828. The Hall–Kier alpha value is -2.08. The maximum absolute atomic E-state index is 11.8. The van der Waals surface area contributed by atoms with Crippen molar-refractivity contribution in [3.05, 3.63) is 35.9 Å². The Morgan fingerprint density at radius 2 is 1.81 bits per heavy atom. The lowest BCUT2D eigenvalue weighted by Crippen LogP contribution is -2.43. The van der Waals surface area contributed by atoms with Crippen LogP contribution in [0.5, 0.6) is 0 Å². The van der Waals surface area contributed by atoms with Gasteiger partial charge in [0.1, 0.15) is 0 Å². The van der Waals surface area contributed by atoms with Crippen molar-refractivity contribution in [1.29, 1.82) is 0 Å². The minimum absolute atomic E-state index is 0.0303. The van der Waals surface area contributed by atoms with E-state index in [2.05, 4.69) is 5.32 Å². The predicted molar refractivity (Wildman–Crippen MR) is 80.7 cm³/mol. The number of rotatable bonds is 6. The van der Waals surface area contributed by atoms with E-state index >= 15 is 0 Å². The van der Waals surface area contributed by atoms with E-state index in [0.717, 1.165) is 5.56 Å². The molecule has 0 aromatic heterocycles. The fourth-order valence-corrected chi connectivity index (χ4v) is 1.70. The van der Waals surface area contributed by atoms with Gasteiger partial charge in [0.25, 0.3) is 0 Å². The highest BCUT2D eigenvalue weighted by atomic mass is 16.3. The number of carbonyl (C=O) groups excluding carboxylic acids is 2. The number of nitrogens with one attached hydrogen (secondary N) is 1. The van der Waals surface area contributed by atoms with Gasteiger partial charge in [-0.1, -0.05) is 30.3 Å². The van der Waals surface area contributed by atoms with Crippen LogP contribution in [0.2, 0.25) is 0 Å². The molecule has 0 spiro atoms. The molecule has 116 valence electrons. The molecule has 0 bridgehead atoms. The van der Waals surface area contributed by atoms with E-state index in [0.29, 0.717) is 13.0 Å². The molecule has 6 nitrogen and oxygen atoms in total. The van der Waals surface area contributed by atoms with Gasteiger partial charge in [0.2, 0.25) is 5.91 Å². The van der Waals surface area contributed by atoms with E-state index in [1.807, 2.05) is 30.3 Å². The molecule has 1 aromatic carbocycles. The van der Waals surface area contributed by atoms with Crippen molar-refractivity contribution in [2.45, 2.75) is 12.5 Å². The normalized spacial score (nSPS) is 11.6. The summed E-state index contributed by atoms with van der Waals surface area (Å²) in [6, 6.07) is 8.98. The summed E-state index contributed by atoms with van der Waals surface area (Å²) in [5.74, 6) is -0.166. The molecule has 1 aromatic rings. The second kappa shape index (κ2) is 8.26. The highest BCUT2D eigenvalue weighted by molar-refractivity contribution is 5.83. The molecule has 2 N–H and O–H groups in total. The van der Waals surface area contributed by atoms with Gasteiger partial charge in [0.15, 0.2) is 0 Å². The van der Waals surface area contributed by atoms with Crippen LogP contribution in [0, 0.1) is 0 Å². The van der Waals surface area contributed by atoms with Gasteiger partial charge in [-0.25, -0.2) is 4.79 Å². The third-order valence-electron chi connectivity index (χ3n) is 3.16. The fourth-order valence-electron chi connectivity index (χ4n) is 1.70. The number of hydrogen-bond acceptors (Lipinski definition) is 3. The van der Waals surface area contributed by atoms with Crippen molar-refractivity contribution in [3.8, 4) is 0 Å². The molecule has 1 rings (SSSR count). The summed E-state index contributed by atoms with van der Waals surface area (Å²) in [5, 5.41) is 12.6. The summed E-state index contributed by atoms with van der Waals surface area (Å²) >= 11 is 0. The maximum Gasteiger partial charge on any atom is 0.317 e. The molecule has 0 fully saturated rings. The third kappa shape index (κ3) is 5.83. The molecular weight excluding hydrogens is 270 g/mol. The van der Waals surface area contributed by atoms with Crippen LogP contribution in [0.1, 0.15) is 18.1 Å². The molecule has 1 atom stereocenters. The SMILES string of the molecule is CN(C)C(=O)CNC(=O)N(C)CC[C@@H](O)c1ccccc1. The van der Waals surface area contributed by atoms with E-state index in [-0.39, 0.29) is 18.5 Å². The third-order valence-corrected chi connectivity index (χ3v) is 3.16. The number of likely N-dealkylation sites (N-methyl/N-ethyl adjacent to an activating group) is 1.